The van der Waals surface area contributed by atoms with E-state index >= 15 is 0 Å². The van der Waals surface area contributed by atoms with Crippen LogP contribution in [0.1, 0.15) is 29.2 Å². The SMILES string of the molecule is COc1cccc(C(CC(=O)NCCN2CCOCC2)c2cnc3c(OCc4ccccc4)cccn23)c1. The molecule has 5 rings (SSSR count). The molecule has 1 saturated heterocycles. The van der Waals surface area contributed by atoms with Gasteiger partial charge in [-0.05, 0) is 35.4 Å². The monoisotopic (exact) mass is 514 g/mol. The number of carbonyl (C=O) groups excluding carboxylic acids is 1. The summed E-state index contributed by atoms with van der Waals surface area (Å²) in [6.45, 7) is 5.17. The predicted octanol–water partition coefficient (Wildman–Crippen LogP) is 3.89. The second-order valence-corrected chi connectivity index (χ2v) is 9.36. The van der Waals surface area contributed by atoms with Crippen molar-refractivity contribution in [2.75, 3.05) is 46.5 Å². The molecule has 0 saturated carbocycles. The van der Waals surface area contributed by atoms with Crippen LogP contribution < -0.4 is 14.8 Å². The molecule has 3 heterocycles. The maximum atomic E-state index is 13.1. The third-order valence-corrected chi connectivity index (χ3v) is 6.86. The van der Waals surface area contributed by atoms with Crippen LogP contribution in [0.4, 0.5) is 0 Å². The van der Waals surface area contributed by atoms with Crippen LogP contribution in [-0.4, -0.2) is 66.7 Å². The van der Waals surface area contributed by atoms with Gasteiger partial charge in [-0.1, -0.05) is 42.5 Å². The fourth-order valence-corrected chi connectivity index (χ4v) is 4.80. The summed E-state index contributed by atoms with van der Waals surface area (Å²) in [6.07, 6.45) is 4.10. The molecular formula is C30H34N4O4. The van der Waals surface area contributed by atoms with Crippen LogP contribution in [0.5, 0.6) is 11.5 Å². The molecular weight excluding hydrogens is 480 g/mol. The van der Waals surface area contributed by atoms with Crippen LogP contribution in [0.25, 0.3) is 5.65 Å². The average Bonchev–Trinajstić information content (AvgIpc) is 3.40. The summed E-state index contributed by atoms with van der Waals surface area (Å²) in [5.74, 6) is 1.23. The van der Waals surface area contributed by atoms with E-state index in [4.69, 9.17) is 19.2 Å². The second kappa shape index (κ2) is 12.6. The van der Waals surface area contributed by atoms with Crippen molar-refractivity contribution >= 4 is 11.6 Å². The number of imidazole rings is 1. The molecule has 4 aromatic rings. The van der Waals surface area contributed by atoms with E-state index in [1.165, 1.54) is 0 Å². The minimum atomic E-state index is -0.215. The molecule has 8 heteroatoms. The second-order valence-electron chi connectivity index (χ2n) is 9.36. The van der Waals surface area contributed by atoms with E-state index in [0.717, 1.165) is 61.1 Å². The van der Waals surface area contributed by atoms with E-state index in [9.17, 15) is 4.79 Å². The number of hydrogen-bond donors (Lipinski definition) is 1. The number of carbonyl (C=O) groups is 1. The highest BCUT2D eigenvalue weighted by atomic mass is 16.5. The lowest BCUT2D eigenvalue weighted by molar-refractivity contribution is -0.121. The van der Waals surface area contributed by atoms with Crippen molar-refractivity contribution in [2.45, 2.75) is 18.9 Å². The molecule has 2 aromatic heterocycles. The third-order valence-electron chi connectivity index (χ3n) is 6.86. The average molecular weight is 515 g/mol. The zero-order valence-electron chi connectivity index (χ0n) is 21.7. The molecule has 1 unspecified atom stereocenters. The maximum absolute atomic E-state index is 13.1. The summed E-state index contributed by atoms with van der Waals surface area (Å²) >= 11 is 0. The summed E-state index contributed by atoms with van der Waals surface area (Å²) in [4.78, 5) is 20.2. The van der Waals surface area contributed by atoms with Crippen molar-refractivity contribution in [2.24, 2.45) is 0 Å². The Labute approximate surface area is 223 Å². The van der Waals surface area contributed by atoms with Crippen molar-refractivity contribution in [3.63, 3.8) is 0 Å². The van der Waals surface area contributed by atoms with E-state index < -0.39 is 0 Å². The number of nitrogens with zero attached hydrogens (tertiary/aromatic N) is 3. The lowest BCUT2D eigenvalue weighted by Crippen LogP contribution is -2.41. The lowest BCUT2D eigenvalue weighted by Gasteiger charge is -2.26. The van der Waals surface area contributed by atoms with Crippen molar-refractivity contribution in [1.82, 2.24) is 19.6 Å². The summed E-state index contributed by atoms with van der Waals surface area (Å²) in [5.41, 5.74) is 3.72. The molecule has 2 aromatic carbocycles. The number of amides is 1. The van der Waals surface area contributed by atoms with E-state index in [1.807, 2.05) is 83.5 Å². The normalized spacial score (nSPS) is 14.8. The van der Waals surface area contributed by atoms with Gasteiger partial charge in [-0.25, -0.2) is 4.98 Å². The molecule has 198 valence electrons. The first kappa shape index (κ1) is 25.8. The maximum Gasteiger partial charge on any atom is 0.221 e. The lowest BCUT2D eigenvalue weighted by atomic mass is 9.92. The fraction of sp³-hybridized carbons (Fsp3) is 0.333. The summed E-state index contributed by atoms with van der Waals surface area (Å²) in [6, 6.07) is 21.8. The van der Waals surface area contributed by atoms with E-state index in [0.29, 0.717) is 25.3 Å². The Morgan fingerprint density at radius 2 is 1.92 bits per heavy atom. The Morgan fingerprint density at radius 1 is 1.08 bits per heavy atom. The number of nitrogens with one attached hydrogen (secondary N) is 1. The van der Waals surface area contributed by atoms with E-state index in [1.54, 1.807) is 7.11 Å². The Bertz CT molecular complexity index is 1330. The highest BCUT2D eigenvalue weighted by molar-refractivity contribution is 5.77. The molecule has 0 aliphatic carbocycles. The largest absolute Gasteiger partial charge is 0.497 e. The fourth-order valence-electron chi connectivity index (χ4n) is 4.80. The molecule has 1 amide bonds. The van der Waals surface area contributed by atoms with Crippen LogP contribution in [-0.2, 0) is 16.1 Å². The Hall–Kier alpha value is -3.88. The van der Waals surface area contributed by atoms with Gasteiger partial charge in [-0.15, -0.1) is 0 Å². The Morgan fingerprint density at radius 3 is 2.74 bits per heavy atom. The highest BCUT2D eigenvalue weighted by Crippen LogP contribution is 2.32. The van der Waals surface area contributed by atoms with Crippen LogP contribution >= 0.6 is 0 Å². The van der Waals surface area contributed by atoms with Crippen molar-refractivity contribution in [3.05, 3.63) is 95.9 Å². The number of ether oxygens (including phenoxy) is 3. The number of benzene rings is 2. The number of fused-ring (bicyclic) bond motifs is 1. The summed E-state index contributed by atoms with van der Waals surface area (Å²) in [7, 11) is 1.65. The minimum absolute atomic E-state index is 0.00230. The smallest absolute Gasteiger partial charge is 0.221 e. The molecule has 1 atom stereocenters. The summed E-state index contributed by atoms with van der Waals surface area (Å²) in [5, 5.41) is 3.11. The standard InChI is InChI=1S/C30H34N4O4/c1-36-25-10-5-9-24(19-25)26(20-29(35)31-12-14-33-15-17-37-18-16-33)27-21-32-30-28(11-6-13-34(27)30)38-22-23-7-3-2-4-8-23/h2-11,13,19,21,26H,12,14-18,20,22H2,1H3,(H,31,35). The predicted molar refractivity (Wildman–Crippen MR) is 146 cm³/mol. The first-order valence-electron chi connectivity index (χ1n) is 13.0. The van der Waals surface area contributed by atoms with Crippen molar-refractivity contribution in [3.8, 4) is 11.5 Å². The third kappa shape index (κ3) is 6.33. The Kier molecular flexibility index (Phi) is 8.53. The molecule has 0 radical (unpaired) electrons. The van der Waals surface area contributed by atoms with Crippen LogP contribution in [0.2, 0.25) is 0 Å². The van der Waals surface area contributed by atoms with Crippen LogP contribution in [0.15, 0.2) is 79.1 Å². The molecule has 0 bridgehead atoms. The van der Waals surface area contributed by atoms with Crippen LogP contribution in [0, 0.1) is 0 Å². The topological polar surface area (TPSA) is 77.3 Å². The molecule has 1 fully saturated rings. The molecule has 1 aliphatic heterocycles. The minimum Gasteiger partial charge on any atom is -0.497 e. The van der Waals surface area contributed by atoms with Gasteiger partial charge in [0.05, 0.1) is 26.0 Å². The molecule has 1 aliphatic rings. The Balaban J connectivity index is 1.36. The van der Waals surface area contributed by atoms with Gasteiger partial charge >= 0.3 is 0 Å². The molecule has 38 heavy (non-hydrogen) atoms. The number of rotatable bonds is 11. The summed E-state index contributed by atoms with van der Waals surface area (Å²) < 4.78 is 19.1. The van der Waals surface area contributed by atoms with Crippen molar-refractivity contribution < 1.29 is 19.0 Å². The van der Waals surface area contributed by atoms with Crippen molar-refractivity contribution in [1.29, 1.82) is 0 Å². The van der Waals surface area contributed by atoms with Gasteiger partial charge in [-0.2, -0.15) is 0 Å². The first-order valence-corrected chi connectivity index (χ1v) is 13.0. The van der Waals surface area contributed by atoms with Crippen LogP contribution in [0.3, 0.4) is 0 Å². The number of pyridine rings is 1. The van der Waals surface area contributed by atoms with Gasteiger partial charge in [0.15, 0.2) is 11.4 Å². The molecule has 8 nitrogen and oxygen atoms in total. The number of morpholine rings is 1. The van der Waals surface area contributed by atoms with Gasteiger partial charge in [0.25, 0.3) is 0 Å². The quantitative estimate of drug-likeness (QED) is 0.327. The number of aromatic nitrogens is 2. The van der Waals surface area contributed by atoms with Gasteiger partial charge < -0.3 is 23.9 Å². The van der Waals surface area contributed by atoms with Gasteiger partial charge in [0.1, 0.15) is 12.4 Å². The zero-order valence-corrected chi connectivity index (χ0v) is 21.7. The van der Waals surface area contributed by atoms with E-state index in [-0.39, 0.29) is 11.8 Å². The molecule has 1 N–H and O–H groups in total. The number of methoxy groups -OCH3 is 1. The van der Waals surface area contributed by atoms with Gasteiger partial charge in [0, 0.05) is 50.9 Å². The van der Waals surface area contributed by atoms with Gasteiger partial charge in [0.2, 0.25) is 5.91 Å². The van der Waals surface area contributed by atoms with E-state index in [2.05, 4.69) is 10.2 Å². The molecule has 0 spiro atoms. The van der Waals surface area contributed by atoms with Gasteiger partial charge in [-0.3, -0.25) is 9.69 Å². The highest BCUT2D eigenvalue weighted by Gasteiger charge is 2.23. The first-order chi connectivity index (χ1) is 18.7. The number of hydrogen-bond acceptors (Lipinski definition) is 6. The zero-order chi connectivity index (χ0) is 26.2.